The molecule has 1 rings (SSSR count). The van der Waals surface area contributed by atoms with Crippen molar-refractivity contribution in [1.29, 1.82) is 0 Å². The third-order valence-electron chi connectivity index (χ3n) is 2.07. The van der Waals surface area contributed by atoms with E-state index < -0.39 is 6.10 Å². The molecule has 1 unspecified atom stereocenters. The van der Waals surface area contributed by atoms with Crippen molar-refractivity contribution in [2.45, 2.75) is 32.6 Å². The molecule has 1 aromatic rings. The summed E-state index contributed by atoms with van der Waals surface area (Å²) in [6.45, 7) is 6.52. The summed E-state index contributed by atoms with van der Waals surface area (Å²) in [6, 6.07) is 1.84. The molecular weight excluding hydrogens is 206 g/mol. The van der Waals surface area contributed by atoms with Crippen LogP contribution in [0.3, 0.4) is 0 Å². The van der Waals surface area contributed by atoms with Crippen LogP contribution in [-0.4, -0.2) is 46.8 Å². The quantitative estimate of drug-likeness (QED) is 0.625. The second kappa shape index (κ2) is 7.38. The predicted octanol–water partition coefficient (Wildman–Crippen LogP) is 0.259. The highest BCUT2D eigenvalue weighted by Crippen LogP contribution is 1.90. The maximum atomic E-state index is 9.67. The van der Waals surface area contributed by atoms with E-state index >= 15 is 0 Å². The van der Waals surface area contributed by atoms with Crippen molar-refractivity contribution in [2.75, 3.05) is 19.7 Å². The molecule has 0 aromatic carbocycles. The summed E-state index contributed by atoms with van der Waals surface area (Å²) in [5, 5.41) is 16.8. The van der Waals surface area contributed by atoms with Gasteiger partial charge in [-0.25, -0.2) is 0 Å². The minimum Gasteiger partial charge on any atom is -0.390 e. The number of hydrogen-bond acceptors (Lipinski definition) is 4. The normalized spacial score (nSPS) is 13.2. The molecule has 0 aliphatic carbocycles. The van der Waals surface area contributed by atoms with Gasteiger partial charge in [-0.1, -0.05) is 0 Å². The molecule has 5 nitrogen and oxygen atoms in total. The number of aromatic nitrogens is 2. The molecule has 2 N–H and O–H groups in total. The maximum absolute atomic E-state index is 9.67. The Morgan fingerprint density at radius 3 is 2.94 bits per heavy atom. The first-order valence-electron chi connectivity index (χ1n) is 5.66. The van der Waals surface area contributed by atoms with Gasteiger partial charge in [-0.05, 0) is 19.9 Å². The van der Waals surface area contributed by atoms with Crippen LogP contribution in [-0.2, 0) is 11.3 Å². The fourth-order valence-electron chi connectivity index (χ4n) is 1.32. The SMILES string of the molecule is CC(C)OCCNCC(O)Cn1cccn1. The third-order valence-corrected chi connectivity index (χ3v) is 2.07. The predicted molar refractivity (Wildman–Crippen MR) is 62.2 cm³/mol. The van der Waals surface area contributed by atoms with Gasteiger partial charge in [-0.3, -0.25) is 4.68 Å². The number of ether oxygens (including phenoxy) is 1. The van der Waals surface area contributed by atoms with Crippen LogP contribution in [0.25, 0.3) is 0 Å². The molecule has 1 heterocycles. The van der Waals surface area contributed by atoms with Gasteiger partial charge in [-0.15, -0.1) is 0 Å². The zero-order valence-electron chi connectivity index (χ0n) is 9.97. The van der Waals surface area contributed by atoms with Crippen molar-refractivity contribution in [2.24, 2.45) is 0 Å². The third kappa shape index (κ3) is 5.85. The summed E-state index contributed by atoms with van der Waals surface area (Å²) < 4.78 is 7.09. The zero-order chi connectivity index (χ0) is 11.8. The molecule has 16 heavy (non-hydrogen) atoms. The number of aliphatic hydroxyl groups is 1. The van der Waals surface area contributed by atoms with E-state index in [0.29, 0.717) is 19.7 Å². The van der Waals surface area contributed by atoms with E-state index in [1.807, 2.05) is 26.1 Å². The summed E-state index contributed by atoms with van der Waals surface area (Å²) in [6.07, 6.45) is 3.39. The van der Waals surface area contributed by atoms with E-state index in [0.717, 1.165) is 6.54 Å². The number of nitrogens with zero attached hydrogens (tertiary/aromatic N) is 2. The topological polar surface area (TPSA) is 59.3 Å². The van der Waals surface area contributed by atoms with E-state index in [-0.39, 0.29) is 6.10 Å². The summed E-state index contributed by atoms with van der Waals surface area (Å²) in [7, 11) is 0. The van der Waals surface area contributed by atoms with Crippen LogP contribution < -0.4 is 5.32 Å². The van der Waals surface area contributed by atoms with Crippen LogP contribution in [0, 0.1) is 0 Å². The smallest absolute Gasteiger partial charge is 0.0860 e. The Balaban J connectivity index is 2.00. The van der Waals surface area contributed by atoms with Gasteiger partial charge in [0.15, 0.2) is 0 Å². The fourth-order valence-corrected chi connectivity index (χ4v) is 1.32. The molecule has 0 saturated heterocycles. The molecule has 0 fully saturated rings. The van der Waals surface area contributed by atoms with Gasteiger partial charge >= 0.3 is 0 Å². The monoisotopic (exact) mass is 227 g/mol. The molecule has 92 valence electrons. The second-order valence-corrected chi connectivity index (χ2v) is 4.01. The minimum atomic E-state index is -0.418. The van der Waals surface area contributed by atoms with Gasteiger partial charge in [0.05, 0.1) is 25.4 Å². The lowest BCUT2D eigenvalue weighted by molar-refractivity contribution is 0.0771. The lowest BCUT2D eigenvalue weighted by atomic mass is 10.3. The average Bonchev–Trinajstić information content (AvgIpc) is 2.69. The van der Waals surface area contributed by atoms with Crippen LogP contribution in [0.1, 0.15) is 13.8 Å². The van der Waals surface area contributed by atoms with Crippen molar-refractivity contribution in [3.05, 3.63) is 18.5 Å². The highest BCUT2D eigenvalue weighted by Gasteiger charge is 2.04. The van der Waals surface area contributed by atoms with Gasteiger partial charge in [0.25, 0.3) is 0 Å². The van der Waals surface area contributed by atoms with E-state index in [2.05, 4.69) is 10.4 Å². The van der Waals surface area contributed by atoms with Crippen LogP contribution in [0.2, 0.25) is 0 Å². The molecule has 0 bridgehead atoms. The molecule has 1 atom stereocenters. The molecule has 0 radical (unpaired) electrons. The first-order valence-corrected chi connectivity index (χ1v) is 5.66. The van der Waals surface area contributed by atoms with E-state index in [9.17, 15) is 5.11 Å². The number of rotatable bonds is 8. The number of aliphatic hydroxyl groups excluding tert-OH is 1. The van der Waals surface area contributed by atoms with Crippen molar-refractivity contribution in [3.63, 3.8) is 0 Å². The van der Waals surface area contributed by atoms with Crippen LogP contribution >= 0.6 is 0 Å². The Kier molecular flexibility index (Phi) is 6.07. The van der Waals surface area contributed by atoms with Gasteiger partial charge in [0.2, 0.25) is 0 Å². The summed E-state index contributed by atoms with van der Waals surface area (Å²) >= 11 is 0. The Morgan fingerprint density at radius 2 is 2.31 bits per heavy atom. The van der Waals surface area contributed by atoms with Crippen molar-refractivity contribution in [1.82, 2.24) is 15.1 Å². The fraction of sp³-hybridized carbons (Fsp3) is 0.727. The molecule has 0 aliphatic rings. The molecule has 0 aliphatic heterocycles. The van der Waals surface area contributed by atoms with Crippen molar-refractivity contribution < 1.29 is 9.84 Å². The lowest BCUT2D eigenvalue weighted by Gasteiger charge is -2.12. The first-order chi connectivity index (χ1) is 7.68. The Hall–Kier alpha value is -0.910. The van der Waals surface area contributed by atoms with Gasteiger partial charge in [0.1, 0.15) is 0 Å². The van der Waals surface area contributed by atoms with E-state index in [4.69, 9.17) is 4.74 Å². The Morgan fingerprint density at radius 1 is 1.50 bits per heavy atom. The molecule has 0 saturated carbocycles. The van der Waals surface area contributed by atoms with Crippen molar-refractivity contribution >= 4 is 0 Å². The van der Waals surface area contributed by atoms with Gasteiger partial charge in [-0.2, -0.15) is 5.10 Å². The van der Waals surface area contributed by atoms with Crippen molar-refractivity contribution in [3.8, 4) is 0 Å². The van der Waals surface area contributed by atoms with Crippen LogP contribution in [0.5, 0.6) is 0 Å². The number of hydrogen-bond donors (Lipinski definition) is 2. The Labute approximate surface area is 96.4 Å². The van der Waals surface area contributed by atoms with E-state index in [1.54, 1.807) is 10.9 Å². The highest BCUT2D eigenvalue weighted by atomic mass is 16.5. The zero-order valence-corrected chi connectivity index (χ0v) is 9.97. The maximum Gasteiger partial charge on any atom is 0.0860 e. The molecule has 1 aromatic heterocycles. The summed E-state index contributed by atoms with van der Waals surface area (Å²) in [4.78, 5) is 0. The number of nitrogens with one attached hydrogen (secondary N) is 1. The van der Waals surface area contributed by atoms with Crippen LogP contribution in [0.15, 0.2) is 18.5 Å². The van der Waals surface area contributed by atoms with Crippen LogP contribution in [0.4, 0.5) is 0 Å². The molecule has 0 amide bonds. The summed E-state index contributed by atoms with van der Waals surface area (Å²) in [5.41, 5.74) is 0. The molecule has 0 spiro atoms. The standard InChI is InChI=1S/C11H21N3O2/c1-10(2)16-7-5-12-8-11(15)9-14-6-3-4-13-14/h3-4,6,10-12,15H,5,7-9H2,1-2H3. The highest BCUT2D eigenvalue weighted by molar-refractivity contribution is 4.78. The minimum absolute atomic E-state index is 0.260. The largest absolute Gasteiger partial charge is 0.390 e. The summed E-state index contributed by atoms with van der Waals surface area (Å²) in [5.74, 6) is 0. The van der Waals surface area contributed by atoms with Gasteiger partial charge < -0.3 is 15.2 Å². The van der Waals surface area contributed by atoms with Gasteiger partial charge in [0, 0.05) is 25.5 Å². The molecular formula is C11H21N3O2. The molecule has 5 heteroatoms. The second-order valence-electron chi connectivity index (χ2n) is 4.01. The lowest BCUT2D eigenvalue weighted by Crippen LogP contribution is -2.32. The Bertz CT molecular complexity index is 262. The first kappa shape index (κ1) is 13.2. The average molecular weight is 227 g/mol. The van der Waals surface area contributed by atoms with E-state index in [1.165, 1.54) is 0 Å².